The van der Waals surface area contributed by atoms with Crippen LogP contribution in [0, 0.1) is 12.7 Å². The molecule has 1 unspecified atom stereocenters. The minimum absolute atomic E-state index is 0.109. The summed E-state index contributed by atoms with van der Waals surface area (Å²) in [6, 6.07) is 18.8. The van der Waals surface area contributed by atoms with Crippen LogP contribution in [0.25, 0.3) is 0 Å². The number of rotatable bonds is 6. The van der Waals surface area contributed by atoms with Gasteiger partial charge in [0.05, 0.1) is 23.7 Å². The standard InChI is InChI=1S/C22H22FNO3S/c1-16-7-4-5-10-22(16)17(2)24(19-9-6-8-18(23)15-19)28(25,26)21-13-11-20(27-3)12-14-21/h4-15,17H,1-3H3. The van der Waals surface area contributed by atoms with Crippen molar-refractivity contribution in [2.45, 2.75) is 24.8 Å². The van der Waals surface area contributed by atoms with Crippen LogP contribution in [0.2, 0.25) is 0 Å². The lowest BCUT2D eigenvalue weighted by Gasteiger charge is -2.31. The quantitative estimate of drug-likeness (QED) is 0.579. The minimum Gasteiger partial charge on any atom is -0.497 e. The largest absolute Gasteiger partial charge is 0.497 e. The Morgan fingerprint density at radius 3 is 2.25 bits per heavy atom. The van der Waals surface area contributed by atoms with Crippen LogP contribution in [-0.4, -0.2) is 15.5 Å². The van der Waals surface area contributed by atoms with E-state index in [9.17, 15) is 12.8 Å². The number of nitrogens with zero attached hydrogens (tertiary/aromatic N) is 1. The molecule has 0 saturated heterocycles. The molecule has 146 valence electrons. The Kier molecular flexibility index (Phi) is 5.70. The van der Waals surface area contributed by atoms with Crippen LogP contribution in [0.15, 0.2) is 77.7 Å². The van der Waals surface area contributed by atoms with E-state index >= 15 is 0 Å². The van der Waals surface area contributed by atoms with Gasteiger partial charge in [0, 0.05) is 0 Å². The lowest BCUT2D eigenvalue weighted by atomic mass is 10.0. The maximum Gasteiger partial charge on any atom is 0.264 e. The fourth-order valence-corrected chi connectivity index (χ4v) is 4.85. The van der Waals surface area contributed by atoms with Gasteiger partial charge in [0.2, 0.25) is 0 Å². The van der Waals surface area contributed by atoms with Gasteiger partial charge in [0.15, 0.2) is 0 Å². The summed E-state index contributed by atoms with van der Waals surface area (Å²) in [4.78, 5) is 0.109. The molecule has 0 amide bonds. The van der Waals surface area contributed by atoms with E-state index in [1.54, 1.807) is 25.1 Å². The Hall–Kier alpha value is -2.86. The molecule has 0 aliphatic carbocycles. The summed E-state index contributed by atoms with van der Waals surface area (Å²) in [5.41, 5.74) is 2.08. The van der Waals surface area contributed by atoms with Crippen molar-refractivity contribution >= 4 is 15.7 Å². The molecular weight excluding hydrogens is 377 g/mol. The third-order valence-electron chi connectivity index (χ3n) is 4.67. The van der Waals surface area contributed by atoms with Gasteiger partial charge in [-0.2, -0.15) is 0 Å². The van der Waals surface area contributed by atoms with E-state index in [2.05, 4.69) is 0 Å². The fraction of sp³-hybridized carbons (Fsp3) is 0.182. The molecule has 3 rings (SSSR count). The molecule has 28 heavy (non-hydrogen) atoms. The smallest absolute Gasteiger partial charge is 0.264 e. The van der Waals surface area contributed by atoms with Crippen LogP contribution in [0.4, 0.5) is 10.1 Å². The average molecular weight is 399 g/mol. The maximum absolute atomic E-state index is 13.9. The van der Waals surface area contributed by atoms with Crippen LogP contribution in [0.5, 0.6) is 5.75 Å². The van der Waals surface area contributed by atoms with Gasteiger partial charge in [0.1, 0.15) is 11.6 Å². The Labute approximate surface area is 165 Å². The van der Waals surface area contributed by atoms with Gasteiger partial charge < -0.3 is 4.74 Å². The van der Waals surface area contributed by atoms with Crippen molar-refractivity contribution in [2.75, 3.05) is 11.4 Å². The highest BCUT2D eigenvalue weighted by Gasteiger charge is 2.31. The van der Waals surface area contributed by atoms with Crippen molar-refractivity contribution in [3.05, 3.63) is 89.7 Å². The first-order valence-electron chi connectivity index (χ1n) is 8.84. The van der Waals surface area contributed by atoms with Gasteiger partial charge in [-0.25, -0.2) is 12.8 Å². The van der Waals surface area contributed by atoms with E-state index in [0.29, 0.717) is 5.75 Å². The third kappa shape index (κ3) is 3.87. The second-order valence-corrected chi connectivity index (χ2v) is 8.30. The number of hydrogen-bond donors (Lipinski definition) is 0. The monoisotopic (exact) mass is 399 g/mol. The van der Waals surface area contributed by atoms with E-state index in [-0.39, 0.29) is 10.6 Å². The lowest BCUT2D eigenvalue weighted by molar-refractivity contribution is 0.414. The maximum atomic E-state index is 13.9. The van der Waals surface area contributed by atoms with Gasteiger partial charge >= 0.3 is 0 Å². The molecule has 0 heterocycles. The summed E-state index contributed by atoms with van der Waals surface area (Å²) in [6.45, 7) is 3.73. The highest BCUT2D eigenvalue weighted by atomic mass is 32.2. The van der Waals surface area contributed by atoms with E-state index in [1.807, 2.05) is 31.2 Å². The van der Waals surface area contributed by atoms with E-state index in [1.165, 1.54) is 41.7 Å². The zero-order chi connectivity index (χ0) is 20.3. The van der Waals surface area contributed by atoms with Crippen molar-refractivity contribution in [1.82, 2.24) is 0 Å². The van der Waals surface area contributed by atoms with Crippen molar-refractivity contribution in [3.8, 4) is 5.75 Å². The SMILES string of the molecule is COc1ccc(S(=O)(=O)N(c2cccc(F)c2)C(C)c2ccccc2C)cc1. The lowest BCUT2D eigenvalue weighted by Crippen LogP contribution is -2.34. The number of ether oxygens (including phenoxy) is 1. The van der Waals surface area contributed by atoms with Gasteiger partial charge in [-0.3, -0.25) is 4.31 Å². The summed E-state index contributed by atoms with van der Waals surface area (Å²) >= 11 is 0. The number of benzene rings is 3. The highest BCUT2D eigenvalue weighted by molar-refractivity contribution is 7.92. The van der Waals surface area contributed by atoms with E-state index in [0.717, 1.165) is 11.1 Å². The first-order valence-corrected chi connectivity index (χ1v) is 10.3. The highest BCUT2D eigenvalue weighted by Crippen LogP contribution is 2.35. The summed E-state index contributed by atoms with van der Waals surface area (Å²) in [6.07, 6.45) is 0. The van der Waals surface area contributed by atoms with Crippen LogP contribution >= 0.6 is 0 Å². The number of halogens is 1. The summed E-state index contributed by atoms with van der Waals surface area (Å²) < 4.78 is 47.4. The zero-order valence-corrected chi connectivity index (χ0v) is 16.8. The normalized spacial score (nSPS) is 12.4. The molecule has 0 aliphatic heterocycles. The molecule has 0 fully saturated rings. The van der Waals surface area contributed by atoms with E-state index in [4.69, 9.17) is 4.74 Å². The van der Waals surface area contributed by atoms with Gasteiger partial charge in [-0.1, -0.05) is 30.3 Å². The second-order valence-electron chi connectivity index (χ2n) is 6.49. The van der Waals surface area contributed by atoms with Gasteiger partial charge in [0.25, 0.3) is 10.0 Å². The predicted octanol–water partition coefficient (Wildman–Crippen LogP) is 5.10. The van der Waals surface area contributed by atoms with Crippen LogP contribution < -0.4 is 9.04 Å². The van der Waals surface area contributed by atoms with E-state index < -0.39 is 21.9 Å². The Morgan fingerprint density at radius 1 is 0.964 bits per heavy atom. The van der Waals surface area contributed by atoms with Crippen LogP contribution in [-0.2, 0) is 10.0 Å². The molecule has 0 spiro atoms. The van der Waals surface area contributed by atoms with Crippen LogP contribution in [0.3, 0.4) is 0 Å². The summed E-state index contributed by atoms with van der Waals surface area (Å²) in [5.74, 6) is 0.0626. The van der Waals surface area contributed by atoms with Crippen molar-refractivity contribution in [2.24, 2.45) is 0 Å². The van der Waals surface area contributed by atoms with Gasteiger partial charge in [-0.05, 0) is 67.4 Å². The van der Waals surface area contributed by atoms with Crippen LogP contribution in [0.1, 0.15) is 24.1 Å². The van der Waals surface area contributed by atoms with Crippen molar-refractivity contribution in [3.63, 3.8) is 0 Å². The molecule has 0 N–H and O–H groups in total. The van der Waals surface area contributed by atoms with Crippen molar-refractivity contribution in [1.29, 1.82) is 0 Å². The average Bonchev–Trinajstić information content (AvgIpc) is 2.68. The Bertz CT molecular complexity index is 1070. The molecular formula is C22H22FNO3S. The zero-order valence-electron chi connectivity index (χ0n) is 16.0. The molecule has 0 aliphatic rings. The number of anilines is 1. The topological polar surface area (TPSA) is 46.6 Å². The summed E-state index contributed by atoms with van der Waals surface area (Å²) in [5, 5.41) is 0. The fourth-order valence-electron chi connectivity index (χ4n) is 3.23. The molecule has 0 radical (unpaired) electrons. The second kappa shape index (κ2) is 8.02. The molecule has 0 aromatic heterocycles. The number of sulfonamides is 1. The molecule has 0 saturated carbocycles. The Balaban J connectivity index is 2.16. The number of methoxy groups -OCH3 is 1. The molecule has 1 atom stereocenters. The molecule has 6 heteroatoms. The first kappa shape index (κ1) is 19.9. The van der Waals surface area contributed by atoms with Crippen molar-refractivity contribution < 1.29 is 17.5 Å². The number of hydrogen-bond acceptors (Lipinski definition) is 3. The first-order chi connectivity index (χ1) is 13.3. The predicted molar refractivity (Wildman–Crippen MR) is 109 cm³/mol. The third-order valence-corrected chi connectivity index (χ3v) is 6.58. The molecule has 4 nitrogen and oxygen atoms in total. The number of aryl methyl sites for hydroxylation is 1. The molecule has 0 bridgehead atoms. The molecule has 3 aromatic rings. The summed E-state index contributed by atoms with van der Waals surface area (Å²) in [7, 11) is -2.43. The Morgan fingerprint density at radius 2 is 1.64 bits per heavy atom. The van der Waals surface area contributed by atoms with Gasteiger partial charge in [-0.15, -0.1) is 0 Å². The molecule has 3 aromatic carbocycles. The minimum atomic E-state index is -3.95.